The Labute approximate surface area is 212 Å². The number of aryl methyl sites for hydroxylation is 1. The minimum absolute atomic E-state index is 0.0634. The molecule has 0 amide bonds. The van der Waals surface area contributed by atoms with Crippen molar-refractivity contribution in [1.29, 1.82) is 0 Å². The van der Waals surface area contributed by atoms with Crippen molar-refractivity contribution in [1.82, 2.24) is 29.6 Å². The van der Waals surface area contributed by atoms with E-state index in [1.165, 1.54) is 13.2 Å². The van der Waals surface area contributed by atoms with Crippen molar-refractivity contribution in [3.05, 3.63) is 83.0 Å². The number of carbonyl (C=O) groups excluding carboxylic acids is 1. The summed E-state index contributed by atoms with van der Waals surface area (Å²) in [6, 6.07) is 6.98. The van der Waals surface area contributed by atoms with Gasteiger partial charge in [-0.1, -0.05) is 6.07 Å². The molecule has 37 heavy (non-hydrogen) atoms. The summed E-state index contributed by atoms with van der Waals surface area (Å²) in [5.74, 6) is 1.33. The second kappa shape index (κ2) is 11.0. The fourth-order valence-electron chi connectivity index (χ4n) is 4.29. The number of carbonyl (C=O) groups is 1. The van der Waals surface area contributed by atoms with Crippen molar-refractivity contribution >= 4 is 6.29 Å². The number of aldehydes is 1. The van der Waals surface area contributed by atoms with Crippen LogP contribution in [0.1, 0.15) is 38.7 Å². The van der Waals surface area contributed by atoms with Gasteiger partial charge in [0.1, 0.15) is 17.9 Å². The second-order valence-electron chi connectivity index (χ2n) is 8.78. The molecule has 0 radical (unpaired) electrons. The van der Waals surface area contributed by atoms with Crippen molar-refractivity contribution in [3.63, 3.8) is 0 Å². The zero-order valence-corrected chi connectivity index (χ0v) is 20.7. The smallest absolute Gasteiger partial charge is 0.435 e. The van der Waals surface area contributed by atoms with E-state index < -0.39 is 11.9 Å². The molecule has 0 aliphatic rings. The van der Waals surface area contributed by atoms with Crippen LogP contribution in [0.3, 0.4) is 0 Å². The molecule has 0 fully saturated rings. The number of nitrogens with one attached hydrogen (secondary N) is 1. The highest BCUT2D eigenvalue weighted by Gasteiger charge is 2.38. The van der Waals surface area contributed by atoms with Crippen molar-refractivity contribution in [2.45, 2.75) is 25.6 Å². The molecule has 8 nitrogen and oxygen atoms in total. The van der Waals surface area contributed by atoms with Crippen molar-refractivity contribution < 1.29 is 22.7 Å². The molecule has 0 bridgehead atoms. The van der Waals surface area contributed by atoms with Gasteiger partial charge in [-0.15, -0.1) is 0 Å². The number of rotatable bonds is 10. The largest absolute Gasteiger partial charge is 0.497 e. The molecule has 0 spiro atoms. The van der Waals surface area contributed by atoms with Crippen LogP contribution in [-0.2, 0) is 32.6 Å². The molecule has 4 aromatic rings. The summed E-state index contributed by atoms with van der Waals surface area (Å²) < 4.78 is 48.1. The number of nitrogens with zero attached hydrogens (tertiary/aromatic N) is 5. The van der Waals surface area contributed by atoms with E-state index >= 15 is 0 Å². The van der Waals surface area contributed by atoms with Gasteiger partial charge in [0.2, 0.25) is 0 Å². The zero-order chi connectivity index (χ0) is 26.6. The van der Waals surface area contributed by atoms with Crippen molar-refractivity contribution in [3.8, 4) is 16.9 Å². The minimum atomic E-state index is -4.65. The van der Waals surface area contributed by atoms with Crippen LogP contribution >= 0.6 is 0 Å². The summed E-state index contributed by atoms with van der Waals surface area (Å²) in [5, 5.41) is 3.68. The number of benzene rings is 1. The third kappa shape index (κ3) is 6.23. The molecule has 4 rings (SSSR count). The van der Waals surface area contributed by atoms with E-state index in [0.717, 1.165) is 10.4 Å². The Morgan fingerprint density at radius 2 is 1.97 bits per heavy atom. The Hall–Kier alpha value is -3.99. The minimum Gasteiger partial charge on any atom is -0.497 e. The molecule has 0 atom stereocenters. The Balaban J connectivity index is 1.70. The van der Waals surface area contributed by atoms with Crippen molar-refractivity contribution in [2.24, 2.45) is 7.05 Å². The number of hydrogen-bond donors (Lipinski definition) is 1. The van der Waals surface area contributed by atoms with Crippen LogP contribution in [0.25, 0.3) is 11.1 Å². The number of methoxy groups -OCH3 is 1. The molecule has 0 saturated carbocycles. The maximum absolute atomic E-state index is 13.9. The molecule has 3 heterocycles. The van der Waals surface area contributed by atoms with Crippen molar-refractivity contribution in [2.75, 3.05) is 20.7 Å². The topological polar surface area (TPSA) is 88.9 Å². The molecule has 1 N–H and O–H groups in total. The van der Waals surface area contributed by atoms with Gasteiger partial charge in [-0.2, -0.15) is 18.3 Å². The summed E-state index contributed by atoms with van der Waals surface area (Å²) in [5.41, 5.74) is 1.61. The average molecular weight is 513 g/mol. The number of H-pyrrole nitrogens is 1. The molecule has 0 saturated heterocycles. The second-order valence-corrected chi connectivity index (χ2v) is 8.78. The normalized spacial score (nSPS) is 11.8. The first-order valence-electron chi connectivity index (χ1n) is 11.6. The van der Waals surface area contributed by atoms with Crippen LogP contribution in [0, 0.1) is 0 Å². The van der Waals surface area contributed by atoms with Crippen LogP contribution in [-0.4, -0.2) is 56.6 Å². The number of aromatic amines is 1. The lowest BCUT2D eigenvalue weighted by molar-refractivity contribution is -0.140. The Morgan fingerprint density at radius 3 is 2.65 bits per heavy atom. The predicted molar refractivity (Wildman–Crippen MR) is 131 cm³/mol. The van der Waals surface area contributed by atoms with E-state index in [9.17, 15) is 18.0 Å². The number of likely N-dealkylation sites (N-methyl/N-ethyl adjacent to an activating group) is 1. The van der Waals surface area contributed by atoms with Gasteiger partial charge in [0.15, 0.2) is 5.69 Å². The fourth-order valence-corrected chi connectivity index (χ4v) is 4.29. The summed E-state index contributed by atoms with van der Waals surface area (Å²) in [4.78, 5) is 25.7. The molecule has 11 heteroatoms. The number of pyridine rings is 1. The SMILES string of the molecule is COc1ccnc(CN(C)CCc2c(C=O)cc(Cc3ncc[nH]3)cc2-c2cn(C)nc2C(F)(F)F)c1. The zero-order valence-electron chi connectivity index (χ0n) is 20.7. The summed E-state index contributed by atoms with van der Waals surface area (Å²) in [6.45, 7) is 0.978. The fraction of sp³-hybridized carbons (Fsp3) is 0.308. The molecular weight excluding hydrogens is 485 g/mol. The van der Waals surface area contributed by atoms with E-state index in [1.807, 2.05) is 18.0 Å². The lowest BCUT2D eigenvalue weighted by Gasteiger charge is -2.20. The maximum Gasteiger partial charge on any atom is 0.435 e. The molecule has 0 unspecified atom stereocenters. The first kappa shape index (κ1) is 26.1. The number of alkyl halides is 3. The third-order valence-corrected chi connectivity index (χ3v) is 5.98. The van der Waals surface area contributed by atoms with E-state index in [4.69, 9.17) is 4.74 Å². The first-order chi connectivity index (χ1) is 17.7. The monoisotopic (exact) mass is 512 g/mol. The van der Waals surface area contributed by atoms with Gasteiger partial charge in [0.25, 0.3) is 0 Å². The van der Waals surface area contributed by atoms with E-state index in [2.05, 4.69) is 20.1 Å². The van der Waals surface area contributed by atoms with Crippen LogP contribution in [0.5, 0.6) is 5.75 Å². The predicted octanol–water partition coefficient (Wildman–Crippen LogP) is 4.31. The molecule has 3 aromatic heterocycles. The molecule has 0 aliphatic carbocycles. The lowest BCUT2D eigenvalue weighted by Crippen LogP contribution is -2.22. The summed E-state index contributed by atoms with van der Waals surface area (Å²) in [6.07, 6.45) is 2.99. The third-order valence-electron chi connectivity index (χ3n) is 5.98. The van der Waals surface area contributed by atoms with Gasteiger partial charge in [-0.3, -0.25) is 14.5 Å². The Morgan fingerprint density at radius 1 is 1.16 bits per heavy atom. The number of aromatic nitrogens is 5. The highest BCUT2D eigenvalue weighted by molar-refractivity contribution is 5.84. The van der Waals surface area contributed by atoms with Crippen LogP contribution in [0.15, 0.2) is 49.1 Å². The van der Waals surface area contributed by atoms with Gasteiger partial charge in [-0.25, -0.2) is 4.98 Å². The van der Waals surface area contributed by atoms with Gasteiger partial charge < -0.3 is 14.6 Å². The molecule has 0 aliphatic heterocycles. The van der Waals surface area contributed by atoms with Crippen LogP contribution in [0.4, 0.5) is 13.2 Å². The highest BCUT2D eigenvalue weighted by atomic mass is 19.4. The average Bonchev–Trinajstić information content (AvgIpc) is 3.52. The Kier molecular flexibility index (Phi) is 7.72. The van der Waals surface area contributed by atoms with Crippen LogP contribution < -0.4 is 4.74 Å². The van der Waals surface area contributed by atoms with Gasteiger partial charge in [0.05, 0.1) is 12.8 Å². The van der Waals surface area contributed by atoms with Gasteiger partial charge >= 0.3 is 6.18 Å². The lowest BCUT2D eigenvalue weighted by atomic mass is 9.90. The quantitative estimate of drug-likeness (QED) is 0.319. The summed E-state index contributed by atoms with van der Waals surface area (Å²) >= 11 is 0. The molecule has 1 aromatic carbocycles. The highest BCUT2D eigenvalue weighted by Crippen LogP contribution is 2.38. The van der Waals surface area contributed by atoms with E-state index in [-0.39, 0.29) is 5.56 Å². The molecular formula is C26H27F3N6O2. The first-order valence-corrected chi connectivity index (χ1v) is 11.6. The van der Waals surface area contributed by atoms with E-state index in [0.29, 0.717) is 66.0 Å². The number of hydrogen-bond acceptors (Lipinski definition) is 6. The van der Waals surface area contributed by atoms with E-state index in [1.54, 1.807) is 43.9 Å². The number of imidazole rings is 1. The standard InChI is InChI=1S/C26H27F3N6O2/c1-34(14-19-13-20(37-3)4-6-30-19)9-5-21-18(16-36)10-17(12-24-31-7-8-32-24)11-22(21)23-15-35(2)33-25(23)26(27,28)29/h4,6-8,10-11,13,15-16H,5,9,12,14H2,1-3H3,(H,31,32). The van der Waals surface area contributed by atoms with Gasteiger partial charge in [-0.05, 0) is 42.3 Å². The summed E-state index contributed by atoms with van der Waals surface area (Å²) in [7, 11) is 4.91. The number of halogens is 3. The van der Waals surface area contributed by atoms with Gasteiger partial charge in [0, 0.05) is 68.5 Å². The number of ether oxygens (including phenoxy) is 1. The maximum atomic E-state index is 13.9. The van der Waals surface area contributed by atoms with Crippen LogP contribution in [0.2, 0.25) is 0 Å². The molecule has 194 valence electrons. The Bertz CT molecular complexity index is 1370.